The predicted octanol–water partition coefficient (Wildman–Crippen LogP) is 6.10. The molecule has 2 rings (SSSR count). The minimum absolute atomic E-state index is 0.784. The van der Waals surface area contributed by atoms with Crippen molar-refractivity contribution in [2.45, 2.75) is 20.4 Å². The minimum atomic E-state index is -10.7. The summed E-state index contributed by atoms with van der Waals surface area (Å²) in [5.41, 5.74) is 10.3. The van der Waals surface area contributed by atoms with Crippen LogP contribution in [0.1, 0.15) is 16.7 Å². The zero-order valence-corrected chi connectivity index (χ0v) is 14.9. The number of hydrogen-bond acceptors (Lipinski definition) is 1. The van der Waals surface area contributed by atoms with E-state index in [0.29, 0.717) is 0 Å². The van der Waals surface area contributed by atoms with E-state index in [1.54, 1.807) is 7.11 Å². The van der Waals surface area contributed by atoms with E-state index < -0.39 is 7.81 Å². The van der Waals surface area contributed by atoms with Crippen molar-refractivity contribution in [1.82, 2.24) is 0 Å². The first-order chi connectivity index (χ1) is 11.1. The Bertz CT molecular complexity index is 748. The van der Waals surface area contributed by atoms with Gasteiger partial charge in [-0.15, -0.1) is 0 Å². The molecule has 0 amide bonds. The van der Waals surface area contributed by atoms with Gasteiger partial charge in [-0.1, -0.05) is 23.8 Å². The van der Waals surface area contributed by atoms with Crippen molar-refractivity contribution in [1.29, 1.82) is 0 Å². The standard InChI is InChI=1S/C16H19NO.F6P/c1-11-4-7-15(12(2)8-11)16-9-14(18-3)6-5-13(16)10-17;1-7(2,3,4,5)6/h4-9H,10,17H2,1-3H3;/q;-1/p+1. The molecule has 0 atom stereocenters. The van der Waals surface area contributed by atoms with Crippen LogP contribution in [0, 0.1) is 13.8 Å². The Labute approximate surface area is 141 Å². The SMILES string of the molecule is COc1ccc(C[NH3+])c(-c2ccc(C)cc2C)c1.F[P-](F)(F)(F)(F)F. The Kier molecular flexibility index (Phi) is 5.52. The van der Waals surface area contributed by atoms with Crippen LogP contribution in [0.5, 0.6) is 5.75 Å². The molecule has 2 nitrogen and oxygen atoms in total. The Hall–Kier alpha value is -1.79. The first-order valence-electron chi connectivity index (χ1n) is 7.21. The fourth-order valence-corrected chi connectivity index (χ4v) is 2.27. The molecule has 0 aromatic heterocycles. The van der Waals surface area contributed by atoms with Crippen molar-refractivity contribution in [3.8, 4) is 16.9 Å². The summed E-state index contributed by atoms with van der Waals surface area (Å²) in [6.07, 6.45) is 0. The molecule has 2 aromatic rings. The summed E-state index contributed by atoms with van der Waals surface area (Å²) < 4.78 is 64.5. The molecule has 2 aromatic carbocycles. The van der Waals surface area contributed by atoms with E-state index in [0.717, 1.165) is 12.3 Å². The van der Waals surface area contributed by atoms with Crippen LogP contribution in [0.2, 0.25) is 0 Å². The van der Waals surface area contributed by atoms with Gasteiger partial charge in [-0.25, -0.2) is 0 Å². The number of ether oxygens (including phenoxy) is 1. The molecular weight excluding hydrogens is 367 g/mol. The van der Waals surface area contributed by atoms with Gasteiger partial charge in [-0.3, -0.25) is 0 Å². The van der Waals surface area contributed by atoms with Crippen LogP contribution >= 0.6 is 7.81 Å². The summed E-state index contributed by atoms with van der Waals surface area (Å²) in [4.78, 5) is 0. The van der Waals surface area contributed by atoms with Gasteiger partial charge in [0, 0.05) is 5.56 Å². The van der Waals surface area contributed by atoms with Gasteiger partial charge >= 0.3 is 33.0 Å². The third kappa shape index (κ3) is 8.74. The van der Waals surface area contributed by atoms with E-state index in [9.17, 15) is 25.2 Å². The topological polar surface area (TPSA) is 36.9 Å². The first kappa shape index (κ1) is 21.3. The van der Waals surface area contributed by atoms with Gasteiger partial charge < -0.3 is 10.5 Å². The number of aryl methyl sites for hydroxylation is 2. The van der Waals surface area contributed by atoms with Gasteiger partial charge in [0.25, 0.3) is 0 Å². The van der Waals surface area contributed by atoms with E-state index >= 15 is 0 Å². The van der Waals surface area contributed by atoms with Gasteiger partial charge in [-0.2, -0.15) is 0 Å². The molecule has 0 aliphatic heterocycles. The van der Waals surface area contributed by atoms with Crippen LogP contribution in [0.4, 0.5) is 25.2 Å². The molecule has 0 heterocycles. The number of hydrogen-bond donors (Lipinski definition) is 1. The van der Waals surface area contributed by atoms with E-state index in [4.69, 9.17) is 4.74 Å². The molecule has 0 saturated heterocycles. The predicted molar refractivity (Wildman–Crippen MR) is 88.1 cm³/mol. The van der Waals surface area contributed by atoms with Crippen LogP contribution in [-0.4, -0.2) is 7.11 Å². The Morgan fingerprint density at radius 2 is 1.44 bits per heavy atom. The third-order valence-corrected chi connectivity index (χ3v) is 3.26. The normalized spacial score (nSPS) is 14.0. The Morgan fingerprint density at radius 3 is 1.88 bits per heavy atom. The summed E-state index contributed by atoms with van der Waals surface area (Å²) >= 11 is 0. The third-order valence-electron chi connectivity index (χ3n) is 3.26. The van der Waals surface area contributed by atoms with Gasteiger partial charge in [-0.05, 0) is 48.7 Å². The van der Waals surface area contributed by atoms with Crippen LogP contribution in [0.25, 0.3) is 11.1 Å². The Balaban J connectivity index is 0.000000381. The van der Waals surface area contributed by atoms with Gasteiger partial charge in [0.15, 0.2) is 0 Å². The molecule has 0 bridgehead atoms. The van der Waals surface area contributed by atoms with Crippen LogP contribution in [0.3, 0.4) is 0 Å². The van der Waals surface area contributed by atoms with Gasteiger partial charge in [0.05, 0.1) is 7.11 Å². The maximum absolute atomic E-state index is 10.7. The number of halogens is 6. The maximum atomic E-state index is 9.87. The van der Waals surface area contributed by atoms with Crippen molar-refractivity contribution < 1.29 is 35.7 Å². The van der Waals surface area contributed by atoms with Gasteiger partial charge in [0.1, 0.15) is 12.3 Å². The quantitative estimate of drug-likeness (QED) is 0.501. The fraction of sp³-hybridized carbons (Fsp3) is 0.250. The zero-order chi connectivity index (χ0) is 19.5. The summed E-state index contributed by atoms with van der Waals surface area (Å²) in [5, 5.41) is 0. The molecule has 25 heavy (non-hydrogen) atoms. The fourth-order valence-electron chi connectivity index (χ4n) is 2.27. The van der Waals surface area contributed by atoms with Crippen molar-refractivity contribution >= 4 is 7.81 Å². The summed E-state index contributed by atoms with van der Waals surface area (Å²) in [5.74, 6) is 0.891. The molecular formula is C16H20F6NOP. The Morgan fingerprint density at radius 1 is 0.880 bits per heavy atom. The van der Waals surface area contributed by atoms with Crippen molar-refractivity contribution in [2.75, 3.05) is 7.11 Å². The summed E-state index contributed by atoms with van der Waals surface area (Å²) in [6, 6.07) is 12.7. The number of quaternary nitrogens is 1. The second kappa shape index (κ2) is 6.50. The number of methoxy groups -OCH3 is 1. The van der Waals surface area contributed by atoms with E-state index in [-0.39, 0.29) is 0 Å². The molecule has 0 unspecified atom stereocenters. The summed E-state index contributed by atoms with van der Waals surface area (Å²) in [7, 11) is -8.96. The molecule has 0 aliphatic rings. The average Bonchev–Trinajstić information content (AvgIpc) is 2.43. The second-order valence-corrected chi connectivity index (χ2v) is 7.47. The second-order valence-electron chi connectivity index (χ2n) is 5.55. The molecule has 9 heteroatoms. The monoisotopic (exact) mass is 387 g/mol. The average molecular weight is 387 g/mol. The van der Waals surface area contributed by atoms with E-state index in [1.165, 1.54) is 27.8 Å². The van der Waals surface area contributed by atoms with E-state index in [1.807, 2.05) is 6.07 Å². The number of benzene rings is 2. The number of rotatable bonds is 3. The van der Waals surface area contributed by atoms with Crippen LogP contribution in [-0.2, 0) is 6.54 Å². The molecule has 0 spiro atoms. The molecule has 3 N–H and O–H groups in total. The van der Waals surface area contributed by atoms with Crippen LogP contribution < -0.4 is 10.5 Å². The molecule has 0 aliphatic carbocycles. The summed E-state index contributed by atoms with van der Waals surface area (Å²) in [6.45, 7) is 5.05. The van der Waals surface area contributed by atoms with E-state index in [2.05, 4.69) is 49.9 Å². The van der Waals surface area contributed by atoms with Gasteiger partial charge in [0.2, 0.25) is 0 Å². The molecule has 0 fully saturated rings. The molecule has 0 saturated carbocycles. The first-order valence-corrected chi connectivity index (χ1v) is 9.23. The zero-order valence-electron chi connectivity index (χ0n) is 14.0. The molecule has 0 radical (unpaired) electrons. The van der Waals surface area contributed by atoms with Crippen LogP contribution in [0.15, 0.2) is 36.4 Å². The van der Waals surface area contributed by atoms with Crippen molar-refractivity contribution in [3.05, 3.63) is 53.1 Å². The van der Waals surface area contributed by atoms with Crippen molar-refractivity contribution in [2.24, 2.45) is 0 Å². The van der Waals surface area contributed by atoms with Crippen molar-refractivity contribution in [3.63, 3.8) is 0 Å². The molecule has 142 valence electrons.